The van der Waals surface area contributed by atoms with E-state index in [2.05, 4.69) is 469 Å². The third-order valence-corrected chi connectivity index (χ3v) is 29.6. The van der Waals surface area contributed by atoms with Crippen LogP contribution in [0, 0.1) is 0 Å². The predicted octanol–water partition coefficient (Wildman–Crippen LogP) is 33.8. The highest BCUT2D eigenvalue weighted by atomic mass is 15.0. The van der Waals surface area contributed by atoms with E-state index in [4.69, 9.17) is 19.9 Å². The normalized spacial score (nSPS) is 12.7. The summed E-state index contributed by atoms with van der Waals surface area (Å²) in [5.41, 5.74) is 30.1. The van der Waals surface area contributed by atoms with Crippen LogP contribution in [0.1, 0.15) is 25.0 Å². The van der Waals surface area contributed by atoms with E-state index in [9.17, 15) is 0 Å². The third-order valence-electron chi connectivity index (χ3n) is 29.6. The van der Waals surface area contributed by atoms with Gasteiger partial charge in [0.05, 0.1) is 100 Å². The lowest BCUT2D eigenvalue weighted by Gasteiger charge is -2.22. The van der Waals surface area contributed by atoms with Gasteiger partial charge in [-0.2, -0.15) is 0 Å². The molecule has 0 radical (unpaired) electrons. The molecule has 6 heterocycles. The number of hydrogen-bond donors (Lipinski definition) is 0. The molecule has 137 heavy (non-hydrogen) atoms. The molecule has 0 aliphatic heterocycles. The molecule has 0 amide bonds. The summed E-state index contributed by atoms with van der Waals surface area (Å²) in [7, 11) is 0. The molecule has 0 N–H and O–H groups in total. The Hall–Kier alpha value is -18.0. The van der Waals surface area contributed by atoms with Crippen molar-refractivity contribution in [2.75, 3.05) is 0 Å². The molecule has 0 fully saturated rings. The molecule has 6 aromatic heterocycles. The van der Waals surface area contributed by atoms with Crippen molar-refractivity contribution in [1.29, 1.82) is 0 Å². The van der Waals surface area contributed by atoms with Crippen LogP contribution in [0.2, 0.25) is 0 Å². The van der Waals surface area contributed by atoms with Crippen molar-refractivity contribution in [1.82, 2.24) is 38.2 Å². The number of rotatable bonds is 8. The number of nitrogens with zero attached hydrogens (tertiary/aromatic N) is 8. The van der Waals surface area contributed by atoms with Crippen LogP contribution < -0.4 is 0 Å². The number of fused-ring (bicyclic) bond motifs is 28. The minimum atomic E-state index is -0.151. The van der Waals surface area contributed by atoms with E-state index >= 15 is 0 Å². The van der Waals surface area contributed by atoms with Crippen LogP contribution in [0.25, 0.3) is 274 Å². The Morgan fingerprint density at radius 2 is 0.511 bits per heavy atom. The minimum Gasteiger partial charge on any atom is -0.309 e. The summed E-state index contributed by atoms with van der Waals surface area (Å²) in [6.07, 6.45) is 0. The maximum absolute atomic E-state index is 5.51. The highest BCUT2D eigenvalue weighted by Crippen LogP contribution is 2.52. The maximum atomic E-state index is 5.51. The summed E-state index contributed by atoms with van der Waals surface area (Å²) in [6, 6.07) is 164. The first kappa shape index (κ1) is 76.7. The van der Waals surface area contributed by atoms with Crippen molar-refractivity contribution >= 4 is 195 Å². The molecule has 0 saturated carbocycles. The molecular formula is C129H80N8. The van der Waals surface area contributed by atoms with Gasteiger partial charge in [0.15, 0.2) is 0 Å². The van der Waals surface area contributed by atoms with Gasteiger partial charge in [-0.15, -0.1) is 0 Å². The van der Waals surface area contributed by atoms with Crippen molar-refractivity contribution < 1.29 is 0 Å². The number of benzene rings is 23. The van der Waals surface area contributed by atoms with Crippen molar-refractivity contribution in [3.63, 3.8) is 0 Å². The molecule has 1 aliphatic rings. The SMILES string of the molecule is CC1(C)c2ccccc2-c2ccc(-c3nc4ccccc4nc3-c3cc(-n4c5ccccc5c5cc6ccc(-n7c8ccccc8c8ccc9ccccc9c87)cc6cc54)c4ccccc4c3)cc21.c1ccc2c(-n3c4ccccc4c4cc5ccc(-n6c7ccccc7c7ccc8ccccc8c76)cc5cc43)cc(-c3nc4ccccc4nc3-c3ccc4ccc5ccccc5c4c3)cc2c1. The van der Waals surface area contributed by atoms with Crippen LogP contribution >= 0.6 is 0 Å². The van der Waals surface area contributed by atoms with Gasteiger partial charge in [-0.3, -0.25) is 0 Å². The molecule has 23 aromatic carbocycles. The van der Waals surface area contributed by atoms with E-state index < -0.39 is 0 Å². The first-order valence-corrected chi connectivity index (χ1v) is 47.2. The van der Waals surface area contributed by atoms with Crippen LogP contribution in [0.4, 0.5) is 0 Å². The van der Waals surface area contributed by atoms with Crippen molar-refractivity contribution in [2.45, 2.75) is 19.3 Å². The second-order valence-electron chi connectivity index (χ2n) is 37.5. The number of hydrogen-bond acceptors (Lipinski definition) is 4. The van der Waals surface area contributed by atoms with Gasteiger partial charge in [-0.1, -0.05) is 329 Å². The summed E-state index contributed by atoms with van der Waals surface area (Å²) in [4.78, 5) is 21.9. The fourth-order valence-electron chi connectivity index (χ4n) is 23.2. The summed E-state index contributed by atoms with van der Waals surface area (Å²) in [5.74, 6) is 0. The maximum Gasteiger partial charge on any atom is 0.0974 e. The topological polar surface area (TPSA) is 71.3 Å². The second kappa shape index (κ2) is 29.5. The Balaban J connectivity index is 0.000000132. The quantitative estimate of drug-likeness (QED) is 0.142. The minimum absolute atomic E-state index is 0.151. The largest absolute Gasteiger partial charge is 0.309 e. The first-order valence-electron chi connectivity index (χ1n) is 47.2. The number of aromatic nitrogens is 8. The van der Waals surface area contributed by atoms with Gasteiger partial charge in [-0.05, 0) is 220 Å². The van der Waals surface area contributed by atoms with E-state index in [-0.39, 0.29) is 5.41 Å². The van der Waals surface area contributed by atoms with Crippen molar-refractivity contribution in [2.24, 2.45) is 0 Å². The Bertz CT molecular complexity index is 10300. The monoisotopic (exact) mass is 1740 g/mol. The van der Waals surface area contributed by atoms with E-state index in [1.165, 1.54) is 157 Å². The van der Waals surface area contributed by atoms with Gasteiger partial charge >= 0.3 is 0 Å². The summed E-state index contributed by atoms with van der Waals surface area (Å²) < 4.78 is 9.89. The molecule has 0 atom stereocenters. The van der Waals surface area contributed by atoms with Crippen molar-refractivity contribution in [3.8, 4) is 78.9 Å². The highest BCUT2D eigenvalue weighted by molar-refractivity contribution is 6.23. The molecule has 8 heteroatoms. The Kier molecular flexibility index (Phi) is 16.5. The zero-order valence-electron chi connectivity index (χ0n) is 74.8. The Morgan fingerprint density at radius 1 is 0.175 bits per heavy atom. The summed E-state index contributed by atoms with van der Waals surface area (Å²) in [6.45, 7) is 4.68. The zero-order chi connectivity index (χ0) is 90.0. The van der Waals surface area contributed by atoms with Crippen LogP contribution in [-0.2, 0) is 5.41 Å². The number of para-hydroxylation sites is 8. The lowest BCUT2D eigenvalue weighted by molar-refractivity contribution is 0.660. The van der Waals surface area contributed by atoms with Crippen LogP contribution in [0.5, 0.6) is 0 Å². The molecule has 0 bridgehead atoms. The first-order chi connectivity index (χ1) is 67.7. The van der Waals surface area contributed by atoms with Gasteiger partial charge in [0, 0.05) is 104 Å². The van der Waals surface area contributed by atoms with Gasteiger partial charge in [0.1, 0.15) is 0 Å². The lowest BCUT2D eigenvalue weighted by atomic mass is 9.81. The Labute approximate surface area is 786 Å². The molecule has 0 saturated heterocycles. The standard InChI is InChI=1S/C65H42N4.C64H38N4/c1-65(2)54-22-10-7-19-48(54)49-31-29-42(36-55(49)65)62-63(67-57-24-12-11-23-56(57)66-62)44-33-41-16-4-5-17-46(41)60(38-44)69-59-26-14-9-21-51(59)53-35-40-27-30-45(34-43(40)37-61(53)69)68-58-25-13-8-20-50(58)52-32-28-39-15-3-6-18-47(39)64(52)68;1-4-16-48-39(13-1)25-26-41-27-28-44(36-54(41)48)62-63(66-57-22-10-9-21-56(57)65-62)46-33-43-15-3-5-17-49(43)60(38-46)68-59-24-12-8-20-52(59)55-35-42-29-31-47(34-45(42)37-61(55)68)67-58-23-11-7-19-51(58)53-32-30-40-14-2-6-18-50(40)64(53)67/h3-38H,1-2H3;1-38H. The third kappa shape index (κ3) is 11.7. The van der Waals surface area contributed by atoms with Crippen LogP contribution in [-0.4, -0.2) is 38.2 Å². The fourth-order valence-corrected chi connectivity index (χ4v) is 23.2. The molecule has 29 aromatic rings. The smallest absolute Gasteiger partial charge is 0.0974 e. The average Bonchev–Trinajstić information content (AvgIpc) is 1.59. The van der Waals surface area contributed by atoms with Crippen LogP contribution in [0.3, 0.4) is 0 Å². The second-order valence-corrected chi connectivity index (χ2v) is 37.5. The molecule has 636 valence electrons. The van der Waals surface area contributed by atoms with E-state index in [1.54, 1.807) is 0 Å². The van der Waals surface area contributed by atoms with Crippen LogP contribution in [0.15, 0.2) is 449 Å². The molecule has 0 spiro atoms. The molecular weight excluding hydrogens is 1660 g/mol. The molecule has 0 unspecified atom stereocenters. The zero-order valence-corrected chi connectivity index (χ0v) is 74.8. The summed E-state index contributed by atoms with van der Waals surface area (Å²) >= 11 is 0. The highest BCUT2D eigenvalue weighted by Gasteiger charge is 2.36. The van der Waals surface area contributed by atoms with Gasteiger partial charge in [0.2, 0.25) is 0 Å². The predicted molar refractivity (Wildman–Crippen MR) is 576 cm³/mol. The van der Waals surface area contributed by atoms with Gasteiger partial charge < -0.3 is 18.3 Å². The summed E-state index contributed by atoms with van der Waals surface area (Å²) in [5, 5.41) is 29.1. The average molecular weight is 1740 g/mol. The van der Waals surface area contributed by atoms with Gasteiger partial charge in [-0.25, -0.2) is 19.9 Å². The van der Waals surface area contributed by atoms with E-state index in [0.29, 0.717) is 0 Å². The Morgan fingerprint density at radius 3 is 0.993 bits per heavy atom. The van der Waals surface area contributed by atoms with E-state index in [0.717, 1.165) is 128 Å². The lowest BCUT2D eigenvalue weighted by Crippen LogP contribution is -2.15. The molecule has 8 nitrogen and oxygen atoms in total. The van der Waals surface area contributed by atoms with E-state index in [1.807, 2.05) is 12.1 Å². The van der Waals surface area contributed by atoms with Gasteiger partial charge in [0.25, 0.3) is 0 Å². The molecule has 1 aliphatic carbocycles. The van der Waals surface area contributed by atoms with Crippen molar-refractivity contribution in [3.05, 3.63) is 460 Å². The fraction of sp³-hybridized carbons (Fsp3) is 0.0233. The molecule has 30 rings (SSSR count).